The molecule has 1 N–H and O–H groups in total. The number of fused-ring (bicyclic) bond motifs is 1. The van der Waals surface area contributed by atoms with Gasteiger partial charge in [0.1, 0.15) is 0 Å². The molecule has 1 aromatic carbocycles. The van der Waals surface area contributed by atoms with Crippen LogP contribution in [0.3, 0.4) is 0 Å². The van der Waals surface area contributed by atoms with Crippen LogP contribution in [0.15, 0.2) is 18.2 Å². The molecule has 0 saturated heterocycles. The van der Waals surface area contributed by atoms with Crippen LogP contribution in [-0.2, 0) is 12.8 Å². The van der Waals surface area contributed by atoms with E-state index in [9.17, 15) is 0 Å². The molecule has 0 saturated carbocycles. The molecule has 0 fully saturated rings. The monoisotopic (exact) mass is 249 g/mol. The Morgan fingerprint density at radius 1 is 1.24 bits per heavy atom. The lowest BCUT2D eigenvalue weighted by Crippen LogP contribution is -2.21. The first-order valence-electron chi connectivity index (χ1n) is 6.65. The van der Waals surface area contributed by atoms with E-state index in [1.165, 1.54) is 37.0 Å². The summed E-state index contributed by atoms with van der Waals surface area (Å²) in [6.07, 6.45) is 7.45. The Kier molecular flexibility index (Phi) is 4.93. The Labute approximate surface area is 109 Å². The van der Waals surface area contributed by atoms with E-state index in [1.807, 2.05) is 11.8 Å². The third-order valence-corrected chi connectivity index (χ3v) is 4.24. The SMILES string of the molecule is CSCCNC(C)c1ccc2c(c1)CCCC2. The maximum absolute atomic E-state index is 3.59. The number of nitrogens with one attached hydrogen (secondary N) is 1. The summed E-state index contributed by atoms with van der Waals surface area (Å²) in [4.78, 5) is 0. The second-order valence-corrected chi connectivity index (χ2v) is 5.89. The van der Waals surface area contributed by atoms with E-state index in [2.05, 4.69) is 36.7 Å². The van der Waals surface area contributed by atoms with Gasteiger partial charge in [-0.25, -0.2) is 0 Å². The molecular formula is C15H23NS. The van der Waals surface area contributed by atoms with E-state index < -0.39 is 0 Å². The van der Waals surface area contributed by atoms with Crippen molar-refractivity contribution >= 4 is 11.8 Å². The van der Waals surface area contributed by atoms with Gasteiger partial charge in [0.05, 0.1) is 0 Å². The van der Waals surface area contributed by atoms with Crippen LogP contribution in [0.4, 0.5) is 0 Å². The van der Waals surface area contributed by atoms with E-state index >= 15 is 0 Å². The molecule has 0 spiro atoms. The minimum Gasteiger partial charge on any atom is -0.309 e. The Hall–Kier alpha value is -0.470. The zero-order chi connectivity index (χ0) is 12.1. The van der Waals surface area contributed by atoms with Crippen molar-refractivity contribution in [1.29, 1.82) is 0 Å². The zero-order valence-corrected chi connectivity index (χ0v) is 11.8. The van der Waals surface area contributed by atoms with Crippen molar-refractivity contribution in [3.8, 4) is 0 Å². The van der Waals surface area contributed by atoms with Crippen molar-refractivity contribution < 1.29 is 0 Å². The van der Waals surface area contributed by atoms with Crippen molar-refractivity contribution in [3.63, 3.8) is 0 Å². The number of rotatable bonds is 5. The van der Waals surface area contributed by atoms with Crippen LogP contribution >= 0.6 is 11.8 Å². The van der Waals surface area contributed by atoms with Gasteiger partial charge in [-0.3, -0.25) is 0 Å². The van der Waals surface area contributed by atoms with Gasteiger partial charge in [0.15, 0.2) is 0 Å². The Bertz CT molecular complexity index is 362. The number of thioether (sulfide) groups is 1. The first-order valence-corrected chi connectivity index (χ1v) is 8.04. The number of benzene rings is 1. The summed E-state index contributed by atoms with van der Waals surface area (Å²) >= 11 is 1.90. The van der Waals surface area contributed by atoms with Gasteiger partial charge in [-0.1, -0.05) is 18.2 Å². The zero-order valence-electron chi connectivity index (χ0n) is 11.0. The largest absolute Gasteiger partial charge is 0.309 e. The highest BCUT2D eigenvalue weighted by Crippen LogP contribution is 2.24. The standard InChI is InChI=1S/C15H23NS/c1-12(16-9-10-17-2)14-8-7-13-5-3-4-6-15(13)11-14/h7-8,11-12,16H,3-6,9-10H2,1-2H3. The minimum absolute atomic E-state index is 0.481. The molecule has 1 aliphatic carbocycles. The predicted octanol–water partition coefficient (Wildman–Crippen LogP) is 3.58. The Balaban J connectivity index is 2.00. The molecule has 0 bridgehead atoms. The van der Waals surface area contributed by atoms with E-state index in [4.69, 9.17) is 0 Å². The summed E-state index contributed by atoms with van der Waals surface area (Å²) < 4.78 is 0. The smallest absolute Gasteiger partial charge is 0.0292 e. The summed E-state index contributed by atoms with van der Waals surface area (Å²) in [5.74, 6) is 1.19. The van der Waals surface area contributed by atoms with Crippen molar-refractivity contribution in [2.24, 2.45) is 0 Å². The fraction of sp³-hybridized carbons (Fsp3) is 0.600. The maximum Gasteiger partial charge on any atom is 0.0292 e. The number of hydrogen-bond donors (Lipinski definition) is 1. The fourth-order valence-corrected chi connectivity index (χ4v) is 2.84. The van der Waals surface area contributed by atoms with Crippen LogP contribution < -0.4 is 5.32 Å². The molecule has 94 valence electrons. The summed E-state index contributed by atoms with van der Waals surface area (Å²) in [6, 6.07) is 7.55. The number of hydrogen-bond acceptors (Lipinski definition) is 2. The van der Waals surface area contributed by atoms with Crippen LogP contribution in [0.2, 0.25) is 0 Å². The Morgan fingerprint density at radius 2 is 2.00 bits per heavy atom. The van der Waals surface area contributed by atoms with Gasteiger partial charge in [-0.2, -0.15) is 11.8 Å². The molecule has 0 aromatic heterocycles. The average molecular weight is 249 g/mol. The van der Waals surface area contributed by atoms with Gasteiger partial charge in [-0.15, -0.1) is 0 Å². The van der Waals surface area contributed by atoms with E-state index in [-0.39, 0.29) is 0 Å². The van der Waals surface area contributed by atoms with Crippen molar-refractivity contribution in [1.82, 2.24) is 5.32 Å². The molecule has 0 radical (unpaired) electrons. The third kappa shape index (κ3) is 3.49. The van der Waals surface area contributed by atoms with E-state index in [0.717, 1.165) is 6.54 Å². The average Bonchev–Trinajstić information content (AvgIpc) is 2.38. The second-order valence-electron chi connectivity index (χ2n) is 4.90. The maximum atomic E-state index is 3.59. The van der Waals surface area contributed by atoms with Crippen LogP contribution in [0.25, 0.3) is 0 Å². The molecule has 0 heterocycles. The van der Waals surface area contributed by atoms with Crippen LogP contribution in [0, 0.1) is 0 Å². The first kappa shape index (κ1) is 13.0. The Morgan fingerprint density at radius 3 is 2.76 bits per heavy atom. The van der Waals surface area contributed by atoms with Gasteiger partial charge in [0.25, 0.3) is 0 Å². The molecule has 0 amide bonds. The van der Waals surface area contributed by atoms with Crippen LogP contribution in [0.1, 0.15) is 42.5 Å². The van der Waals surface area contributed by atoms with Gasteiger partial charge < -0.3 is 5.32 Å². The molecule has 1 nitrogen and oxygen atoms in total. The summed E-state index contributed by atoms with van der Waals surface area (Å²) in [7, 11) is 0. The molecular weight excluding hydrogens is 226 g/mol. The molecule has 17 heavy (non-hydrogen) atoms. The van der Waals surface area contributed by atoms with Gasteiger partial charge in [0.2, 0.25) is 0 Å². The highest BCUT2D eigenvalue weighted by molar-refractivity contribution is 7.98. The van der Waals surface area contributed by atoms with Crippen LogP contribution in [-0.4, -0.2) is 18.6 Å². The van der Waals surface area contributed by atoms with Crippen molar-refractivity contribution in [2.75, 3.05) is 18.6 Å². The highest BCUT2D eigenvalue weighted by atomic mass is 32.2. The van der Waals surface area contributed by atoms with E-state index in [0.29, 0.717) is 6.04 Å². The molecule has 1 aromatic rings. The summed E-state index contributed by atoms with van der Waals surface area (Å²) in [5, 5.41) is 3.59. The molecule has 2 rings (SSSR count). The second kappa shape index (κ2) is 6.46. The third-order valence-electron chi connectivity index (χ3n) is 3.63. The summed E-state index contributed by atoms with van der Waals surface area (Å²) in [6.45, 7) is 3.37. The van der Waals surface area contributed by atoms with E-state index in [1.54, 1.807) is 11.1 Å². The lowest BCUT2D eigenvalue weighted by Gasteiger charge is -2.20. The van der Waals surface area contributed by atoms with Crippen molar-refractivity contribution in [3.05, 3.63) is 34.9 Å². The normalized spacial score (nSPS) is 16.6. The van der Waals surface area contributed by atoms with Gasteiger partial charge in [0, 0.05) is 18.3 Å². The minimum atomic E-state index is 0.481. The molecule has 2 heteroatoms. The van der Waals surface area contributed by atoms with Crippen molar-refractivity contribution in [2.45, 2.75) is 38.6 Å². The topological polar surface area (TPSA) is 12.0 Å². The first-order chi connectivity index (χ1) is 8.31. The van der Waals surface area contributed by atoms with Crippen LogP contribution in [0.5, 0.6) is 0 Å². The number of aryl methyl sites for hydroxylation is 2. The molecule has 1 atom stereocenters. The quantitative estimate of drug-likeness (QED) is 0.801. The highest BCUT2D eigenvalue weighted by Gasteiger charge is 2.11. The lowest BCUT2D eigenvalue weighted by molar-refractivity contribution is 0.598. The van der Waals surface area contributed by atoms with Gasteiger partial charge >= 0.3 is 0 Å². The fourth-order valence-electron chi connectivity index (χ4n) is 2.52. The molecule has 1 aliphatic rings. The predicted molar refractivity (Wildman–Crippen MR) is 77.9 cm³/mol. The lowest BCUT2D eigenvalue weighted by atomic mass is 9.89. The van der Waals surface area contributed by atoms with Gasteiger partial charge in [-0.05, 0) is 55.6 Å². The molecule has 0 aliphatic heterocycles. The molecule has 1 unspecified atom stereocenters. The summed E-state index contributed by atoms with van der Waals surface area (Å²) in [5.41, 5.74) is 4.62.